The van der Waals surface area contributed by atoms with Gasteiger partial charge in [0.05, 0.1) is 17.8 Å². The lowest BCUT2D eigenvalue weighted by molar-refractivity contribution is -0.121. The standard InChI is InChI=1S/C18H27N5O2S/c1-11(2)14(15-7-8-20-22(15)6)9-23(10-16(24)19-5)18(25)17-12(3)21-26-13(17)4/h7-8,11,14H,9-10H2,1-6H3,(H,19,24). The van der Waals surface area contributed by atoms with E-state index >= 15 is 0 Å². The van der Waals surface area contributed by atoms with Gasteiger partial charge in [-0.05, 0) is 37.4 Å². The molecule has 0 fully saturated rings. The largest absolute Gasteiger partial charge is 0.358 e. The first kappa shape index (κ1) is 20.1. The first-order valence-electron chi connectivity index (χ1n) is 8.66. The molecule has 0 saturated carbocycles. The Labute approximate surface area is 158 Å². The summed E-state index contributed by atoms with van der Waals surface area (Å²) >= 11 is 1.31. The summed E-state index contributed by atoms with van der Waals surface area (Å²) < 4.78 is 6.11. The Kier molecular flexibility index (Phi) is 6.52. The van der Waals surface area contributed by atoms with Crippen molar-refractivity contribution in [3.05, 3.63) is 34.1 Å². The van der Waals surface area contributed by atoms with Gasteiger partial charge in [-0.25, -0.2) is 0 Å². The fourth-order valence-electron chi connectivity index (χ4n) is 3.05. The van der Waals surface area contributed by atoms with Crippen LogP contribution in [-0.2, 0) is 11.8 Å². The quantitative estimate of drug-likeness (QED) is 0.801. The van der Waals surface area contributed by atoms with Crippen molar-refractivity contribution in [2.45, 2.75) is 33.6 Å². The van der Waals surface area contributed by atoms with Gasteiger partial charge in [0, 0.05) is 43.3 Å². The number of amides is 2. The first-order valence-corrected chi connectivity index (χ1v) is 9.44. The van der Waals surface area contributed by atoms with Gasteiger partial charge in [-0.2, -0.15) is 9.47 Å². The fraction of sp³-hybridized carbons (Fsp3) is 0.556. The topological polar surface area (TPSA) is 80.1 Å². The van der Waals surface area contributed by atoms with E-state index in [0.717, 1.165) is 10.6 Å². The van der Waals surface area contributed by atoms with Crippen molar-refractivity contribution in [2.75, 3.05) is 20.1 Å². The third-order valence-corrected chi connectivity index (χ3v) is 5.45. The monoisotopic (exact) mass is 377 g/mol. The van der Waals surface area contributed by atoms with E-state index in [0.29, 0.717) is 17.8 Å². The molecular weight excluding hydrogens is 350 g/mol. The molecular formula is C18H27N5O2S. The highest BCUT2D eigenvalue weighted by Gasteiger charge is 2.29. The molecule has 2 aromatic rings. The minimum atomic E-state index is -0.190. The van der Waals surface area contributed by atoms with Crippen LogP contribution in [0.3, 0.4) is 0 Å². The molecule has 0 saturated heterocycles. The van der Waals surface area contributed by atoms with Gasteiger partial charge in [0.1, 0.15) is 0 Å². The van der Waals surface area contributed by atoms with Crippen LogP contribution in [0.4, 0.5) is 0 Å². The van der Waals surface area contributed by atoms with Crippen LogP contribution in [0.25, 0.3) is 0 Å². The number of nitrogens with zero attached hydrogens (tertiary/aromatic N) is 4. The van der Waals surface area contributed by atoms with Crippen molar-refractivity contribution in [3.8, 4) is 0 Å². The Morgan fingerprint density at radius 2 is 2.04 bits per heavy atom. The summed E-state index contributed by atoms with van der Waals surface area (Å²) in [5, 5.41) is 6.86. The summed E-state index contributed by atoms with van der Waals surface area (Å²) in [6.45, 7) is 8.40. The number of aryl methyl sites for hydroxylation is 3. The Hall–Kier alpha value is -2.22. The molecule has 1 atom stereocenters. The van der Waals surface area contributed by atoms with E-state index in [1.54, 1.807) is 18.1 Å². The molecule has 2 amide bonds. The van der Waals surface area contributed by atoms with Crippen LogP contribution in [0.1, 0.15) is 46.4 Å². The number of carbonyl (C=O) groups is 2. The summed E-state index contributed by atoms with van der Waals surface area (Å²) in [5.74, 6) is 0.0195. The number of aromatic nitrogens is 3. The molecule has 26 heavy (non-hydrogen) atoms. The second-order valence-electron chi connectivity index (χ2n) is 6.79. The van der Waals surface area contributed by atoms with Crippen LogP contribution in [-0.4, -0.2) is 51.0 Å². The highest BCUT2D eigenvalue weighted by molar-refractivity contribution is 7.06. The molecule has 142 valence electrons. The molecule has 1 unspecified atom stereocenters. The Bertz CT molecular complexity index is 761. The van der Waals surface area contributed by atoms with Crippen molar-refractivity contribution in [1.82, 2.24) is 24.4 Å². The average molecular weight is 378 g/mol. The predicted octanol–water partition coefficient (Wildman–Crippen LogP) is 2.12. The van der Waals surface area contributed by atoms with Crippen LogP contribution in [0.5, 0.6) is 0 Å². The second kappa shape index (κ2) is 8.44. The lowest BCUT2D eigenvalue weighted by atomic mass is 9.91. The Morgan fingerprint density at radius 3 is 2.50 bits per heavy atom. The van der Waals surface area contributed by atoms with E-state index in [9.17, 15) is 9.59 Å². The molecule has 0 aromatic carbocycles. The van der Waals surface area contributed by atoms with E-state index in [1.165, 1.54) is 11.5 Å². The highest BCUT2D eigenvalue weighted by Crippen LogP contribution is 2.27. The lowest BCUT2D eigenvalue weighted by Gasteiger charge is -2.29. The van der Waals surface area contributed by atoms with Crippen LogP contribution < -0.4 is 5.32 Å². The molecule has 2 heterocycles. The third-order valence-electron chi connectivity index (χ3n) is 4.61. The maximum Gasteiger partial charge on any atom is 0.257 e. The van der Waals surface area contributed by atoms with Crippen molar-refractivity contribution >= 4 is 23.3 Å². The van der Waals surface area contributed by atoms with Gasteiger partial charge in [-0.1, -0.05) is 13.8 Å². The third kappa shape index (κ3) is 4.30. The molecule has 0 bridgehead atoms. The van der Waals surface area contributed by atoms with E-state index in [-0.39, 0.29) is 30.2 Å². The molecule has 1 N–H and O–H groups in total. The summed E-state index contributed by atoms with van der Waals surface area (Å²) in [6, 6.07) is 1.97. The first-order chi connectivity index (χ1) is 12.3. The van der Waals surface area contributed by atoms with Gasteiger partial charge in [-0.15, -0.1) is 0 Å². The minimum Gasteiger partial charge on any atom is -0.358 e. The minimum absolute atomic E-state index is 0.0190. The molecule has 0 aliphatic heterocycles. The number of hydrogen-bond acceptors (Lipinski definition) is 5. The number of carbonyl (C=O) groups excluding carboxylic acids is 2. The number of nitrogens with one attached hydrogen (secondary N) is 1. The molecule has 2 rings (SSSR count). The van der Waals surface area contributed by atoms with Gasteiger partial charge >= 0.3 is 0 Å². The van der Waals surface area contributed by atoms with Crippen LogP contribution in [0.2, 0.25) is 0 Å². The van der Waals surface area contributed by atoms with Gasteiger partial charge < -0.3 is 10.2 Å². The molecule has 0 radical (unpaired) electrons. The van der Waals surface area contributed by atoms with Crippen molar-refractivity contribution in [1.29, 1.82) is 0 Å². The highest BCUT2D eigenvalue weighted by atomic mass is 32.1. The zero-order chi connectivity index (χ0) is 19.4. The van der Waals surface area contributed by atoms with Crippen molar-refractivity contribution in [2.24, 2.45) is 13.0 Å². The molecule has 2 aromatic heterocycles. The van der Waals surface area contributed by atoms with Crippen molar-refractivity contribution in [3.63, 3.8) is 0 Å². The van der Waals surface area contributed by atoms with Gasteiger partial charge in [0.15, 0.2) is 0 Å². The predicted molar refractivity (Wildman–Crippen MR) is 102 cm³/mol. The van der Waals surface area contributed by atoms with Gasteiger partial charge in [-0.3, -0.25) is 14.3 Å². The van der Waals surface area contributed by atoms with Crippen LogP contribution in [0.15, 0.2) is 12.3 Å². The van der Waals surface area contributed by atoms with Gasteiger partial charge in [0.25, 0.3) is 5.91 Å². The second-order valence-corrected chi connectivity index (χ2v) is 7.77. The maximum atomic E-state index is 13.2. The lowest BCUT2D eigenvalue weighted by Crippen LogP contribution is -2.43. The van der Waals surface area contributed by atoms with E-state index in [4.69, 9.17) is 0 Å². The normalized spacial score (nSPS) is 12.3. The van der Waals surface area contributed by atoms with E-state index in [1.807, 2.05) is 31.6 Å². The Morgan fingerprint density at radius 1 is 1.35 bits per heavy atom. The number of hydrogen-bond donors (Lipinski definition) is 1. The smallest absolute Gasteiger partial charge is 0.257 e. The van der Waals surface area contributed by atoms with E-state index < -0.39 is 0 Å². The molecule has 0 spiro atoms. The number of rotatable bonds is 7. The fourth-order valence-corrected chi connectivity index (χ4v) is 3.74. The SMILES string of the molecule is CNC(=O)CN(CC(c1ccnn1C)C(C)C)C(=O)c1c(C)nsc1C. The zero-order valence-corrected chi connectivity index (χ0v) is 17.1. The van der Waals surface area contributed by atoms with E-state index in [2.05, 4.69) is 28.6 Å². The molecule has 0 aliphatic carbocycles. The molecule has 0 aliphatic rings. The maximum absolute atomic E-state index is 13.2. The molecule has 8 heteroatoms. The summed E-state index contributed by atoms with van der Waals surface area (Å²) in [4.78, 5) is 27.7. The number of likely N-dealkylation sites (N-methyl/N-ethyl adjacent to an activating group) is 1. The van der Waals surface area contributed by atoms with Crippen LogP contribution >= 0.6 is 11.5 Å². The molecule has 7 nitrogen and oxygen atoms in total. The zero-order valence-electron chi connectivity index (χ0n) is 16.2. The summed E-state index contributed by atoms with van der Waals surface area (Å²) in [7, 11) is 3.47. The average Bonchev–Trinajstić information content (AvgIpc) is 3.15. The van der Waals surface area contributed by atoms with Gasteiger partial charge in [0.2, 0.25) is 5.91 Å². The van der Waals surface area contributed by atoms with Crippen LogP contribution in [0, 0.1) is 19.8 Å². The summed E-state index contributed by atoms with van der Waals surface area (Å²) in [5.41, 5.74) is 2.36. The van der Waals surface area contributed by atoms with Crippen molar-refractivity contribution < 1.29 is 9.59 Å². The summed E-state index contributed by atoms with van der Waals surface area (Å²) in [6.07, 6.45) is 1.76. The Balaban J connectivity index is 2.36.